The van der Waals surface area contributed by atoms with Gasteiger partial charge in [-0.25, -0.2) is 0 Å². The zero-order chi connectivity index (χ0) is 9.14. The second-order valence-electron chi connectivity index (χ2n) is 2.90. The molecule has 1 rings (SSSR count). The topological polar surface area (TPSA) is 26.0 Å². The predicted molar refractivity (Wildman–Crippen MR) is 52.9 cm³/mol. The molecule has 0 aromatic heterocycles. The Morgan fingerprint density at radius 3 is 2.33 bits per heavy atom. The maximum atomic E-state index is 5.77. The minimum Gasteiger partial charge on any atom is -0.398 e. The summed E-state index contributed by atoms with van der Waals surface area (Å²) in [6.07, 6.45) is 0. The third kappa shape index (κ3) is 1.60. The van der Waals surface area contributed by atoms with Crippen molar-refractivity contribution in [2.24, 2.45) is 0 Å². The summed E-state index contributed by atoms with van der Waals surface area (Å²) in [6.45, 7) is 5.93. The largest absolute Gasteiger partial charge is 0.398 e. The van der Waals surface area contributed by atoms with Crippen molar-refractivity contribution in [3.05, 3.63) is 28.8 Å². The van der Waals surface area contributed by atoms with Crippen molar-refractivity contribution >= 4 is 5.69 Å². The van der Waals surface area contributed by atoms with Gasteiger partial charge in [-0.3, -0.25) is 0 Å². The molecule has 0 aliphatic rings. The lowest BCUT2D eigenvalue weighted by Gasteiger charge is -2.03. The Balaban J connectivity index is 3.29. The number of nitrogens with two attached hydrogens (primary N) is 1. The van der Waals surface area contributed by atoms with Gasteiger partial charge in [0.2, 0.25) is 0 Å². The van der Waals surface area contributed by atoms with Crippen LogP contribution in [0.1, 0.15) is 23.6 Å². The molecule has 0 unspecified atom stereocenters. The summed E-state index contributed by atoms with van der Waals surface area (Å²) in [6, 6.07) is 4.00. The highest BCUT2D eigenvalue weighted by atomic mass is 14.6. The smallest absolute Gasteiger partial charge is 0.0477 e. The minimum atomic E-state index is 0.771. The van der Waals surface area contributed by atoms with Crippen LogP contribution in [0.15, 0.2) is 12.1 Å². The van der Waals surface area contributed by atoms with Crippen molar-refractivity contribution in [1.82, 2.24) is 0 Å². The van der Waals surface area contributed by atoms with Gasteiger partial charge in [-0.05, 0) is 44.0 Å². The standard InChI is InChI=1S/C11H13N/c1-4-5-10-6-8(2)9(3)7-11(10)12/h6-7H,12H2,1-3H3. The van der Waals surface area contributed by atoms with Crippen LogP contribution in [-0.4, -0.2) is 0 Å². The lowest BCUT2D eigenvalue weighted by atomic mass is 10.0. The third-order valence-corrected chi connectivity index (χ3v) is 1.93. The van der Waals surface area contributed by atoms with E-state index in [-0.39, 0.29) is 0 Å². The molecular formula is C11H13N. The van der Waals surface area contributed by atoms with Gasteiger partial charge < -0.3 is 5.73 Å². The second-order valence-corrected chi connectivity index (χ2v) is 2.90. The first-order valence-corrected chi connectivity index (χ1v) is 3.94. The minimum absolute atomic E-state index is 0.771. The summed E-state index contributed by atoms with van der Waals surface area (Å²) in [5.41, 5.74) is 9.93. The highest BCUT2D eigenvalue weighted by Crippen LogP contribution is 2.16. The quantitative estimate of drug-likeness (QED) is 0.456. The normalized spacial score (nSPS) is 8.92. The molecular weight excluding hydrogens is 146 g/mol. The first-order valence-electron chi connectivity index (χ1n) is 3.94. The van der Waals surface area contributed by atoms with Gasteiger partial charge in [0.05, 0.1) is 0 Å². The fourth-order valence-electron chi connectivity index (χ4n) is 1.08. The van der Waals surface area contributed by atoms with Crippen molar-refractivity contribution in [1.29, 1.82) is 0 Å². The Hall–Kier alpha value is -1.42. The van der Waals surface area contributed by atoms with Gasteiger partial charge in [0.25, 0.3) is 0 Å². The molecule has 1 aromatic rings. The highest BCUT2D eigenvalue weighted by molar-refractivity contribution is 5.58. The number of benzene rings is 1. The Labute approximate surface area is 73.6 Å². The molecule has 0 spiro atoms. The van der Waals surface area contributed by atoms with Crippen LogP contribution in [0.4, 0.5) is 5.69 Å². The third-order valence-electron chi connectivity index (χ3n) is 1.93. The Bertz CT molecular complexity index is 353. The summed E-state index contributed by atoms with van der Waals surface area (Å²) in [5, 5.41) is 0. The number of nitrogen functional groups attached to an aromatic ring is 1. The summed E-state index contributed by atoms with van der Waals surface area (Å²) in [5.74, 6) is 5.81. The number of rotatable bonds is 0. The van der Waals surface area contributed by atoms with Crippen LogP contribution >= 0.6 is 0 Å². The van der Waals surface area contributed by atoms with E-state index in [2.05, 4.69) is 25.7 Å². The van der Waals surface area contributed by atoms with Crippen LogP contribution in [0.25, 0.3) is 0 Å². The van der Waals surface area contributed by atoms with Gasteiger partial charge in [0, 0.05) is 11.3 Å². The summed E-state index contributed by atoms with van der Waals surface area (Å²) in [4.78, 5) is 0. The van der Waals surface area contributed by atoms with E-state index in [0.29, 0.717) is 0 Å². The molecule has 0 atom stereocenters. The molecule has 0 saturated carbocycles. The molecule has 0 heterocycles. The van der Waals surface area contributed by atoms with E-state index in [9.17, 15) is 0 Å². The SMILES string of the molecule is CC#Cc1cc(C)c(C)cc1N. The number of hydrogen-bond donors (Lipinski definition) is 1. The molecule has 0 aliphatic carbocycles. The molecule has 1 nitrogen and oxygen atoms in total. The lowest BCUT2D eigenvalue weighted by molar-refractivity contribution is 1.33. The highest BCUT2D eigenvalue weighted by Gasteiger charge is 1.98. The summed E-state index contributed by atoms with van der Waals surface area (Å²) in [7, 11) is 0. The van der Waals surface area contributed by atoms with Crippen molar-refractivity contribution in [2.45, 2.75) is 20.8 Å². The van der Waals surface area contributed by atoms with Crippen LogP contribution in [0.5, 0.6) is 0 Å². The van der Waals surface area contributed by atoms with Crippen molar-refractivity contribution < 1.29 is 0 Å². The first kappa shape index (κ1) is 8.67. The fraction of sp³-hybridized carbons (Fsp3) is 0.273. The van der Waals surface area contributed by atoms with Crippen molar-refractivity contribution in [3.63, 3.8) is 0 Å². The van der Waals surface area contributed by atoms with E-state index >= 15 is 0 Å². The molecule has 1 heteroatoms. The predicted octanol–water partition coefficient (Wildman–Crippen LogP) is 2.26. The molecule has 0 aliphatic heterocycles. The maximum absolute atomic E-state index is 5.77. The molecule has 62 valence electrons. The van der Waals surface area contributed by atoms with Crippen LogP contribution in [-0.2, 0) is 0 Å². The number of aryl methyl sites for hydroxylation is 2. The monoisotopic (exact) mass is 159 g/mol. The van der Waals surface area contributed by atoms with E-state index in [1.807, 2.05) is 19.1 Å². The molecule has 2 N–H and O–H groups in total. The Morgan fingerprint density at radius 2 is 1.75 bits per heavy atom. The fourth-order valence-corrected chi connectivity index (χ4v) is 1.08. The van der Waals surface area contributed by atoms with Crippen molar-refractivity contribution in [3.8, 4) is 11.8 Å². The van der Waals surface area contributed by atoms with Crippen molar-refractivity contribution in [2.75, 3.05) is 5.73 Å². The van der Waals surface area contributed by atoms with Crippen LogP contribution in [0.3, 0.4) is 0 Å². The van der Waals surface area contributed by atoms with Gasteiger partial charge in [0.15, 0.2) is 0 Å². The Morgan fingerprint density at radius 1 is 1.17 bits per heavy atom. The van der Waals surface area contributed by atoms with Gasteiger partial charge >= 0.3 is 0 Å². The zero-order valence-electron chi connectivity index (χ0n) is 7.73. The van der Waals surface area contributed by atoms with E-state index < -0.39 is 0 Å². The summed E-state index contributed by atoms with van der Waals surface area (Å²) < 4.78 is 0. The molecule has 0 amide bonds. The van der Waals surface area contributed by atoms with Gasteiger partial charge in [-0.1, -0.05) is 5.92 Å². The van der Waals surface area contributed by atoms with Gasteiger partial charge in [-0.2, -0.15) is 0 Å². The molecule has 0 bridgehead atoms. The maximum Gasteiger partial charge on any atom is 0.0477 e. The zero-order valence-corrected chi connectivity index (χ0v) is 7.73. The van der Waals surface area contributed by atoms with E-state index in [0.717, 1.165) is 11.3 Å². The van der Waals surface area contributed by atoms with Crippen LogP contribution in [0.2, 0.25) is 0 Å². The molecule has 0 saturated heterocycles. The lowest BCUT2D eigenvalue weighted by Crippen LogP contribution is -1.93. The van der Waals surface area contributed by atoms with Gasteiger partial charge in [-0.15, -0.1) is 5.92 Å². The molecule has 0 radical (unpaired) electrons. The average molecular weight is 159 g/mol. The molecule has 0 fully saturated rings. The van der Waals surface area contributed by atoms with Crippen LogP contribution in [0, 0.1) is 25.7 Å². The van der Waals surface area contributed by atoms with E-state index in [1.54, 1.807) is 0 Å². The molecule has 1 aromatic carbocycles. The second kappa shape index (κ2) is 3.32. The number of anilines is 1. The van der Waals surface area contributed by atoms with E-state index in [1.165, 1.54) is 11.1 Å². The Kier molecular flexibility index (Phi) is 2.40. The average Bonchev–Trinajstić information content (AvgIpc) is 2.01. The van der Waals surface area contributed by atoms with E-state index in [4.69, 9.17) is 5.73 Å². The van der Waals surface area contributed by atoms with Gasteiger partial charge in [0.1, 0.15) is 0 Å². The first-order chi connectivity index (χ1) is 5.65. The van der Waals surface area contributed by atoms with Crippen LogP contribution < -0.4 is 5.73 Å². The molecule has 12 heavy (non-hydrogen) atoms. The number of hydrogen-bond acceptors (Lipinski definition) is 1. The summed E-state index contributed by atoms with van der Waals surface area (Å²) >= 11 is 0.